The van der Waals surface area contributed by atoms with E-state index in [1.165, 1.54) is 6.20 Å². The van der Waals surface area contributed by atoms with Crippen LogP contribution in [0.1, 0.15) is 36.2 Å². The fourth-order valence-electron chi connectivity index (χ4n) is 1.80. The van der Waals surface area contributed by atoms with E-state index >= 15 is 0 Å². The van der Waals surface area contributed by atoms with Crippen molar-refractivity contribution >= 4 is 9.84 Å². The molecule has 1 aromatic rings. The smallest absolute Gasteiger partial charge is 0.212 e. The zero-order valence-corrected chi connectivity index (χ0v) is 9.16. The molecule has 2 heterocycles. The van der Waals surface area contributed by atoms with Crippen LogP contribution in [0.2, 0.25) is 0 Å². The summed E-state index contributed by atoms with van der Waals surface area (Å²) in [5.74, 6) is 1.07. The zero-order valence-electron chi connectivity index (χ0n) is 8.35. The molecule has 0 bridgehead atoms. The van der Waals surface area contributed by atoms with E-state index in [0.717, 1.165) is 12.8 Å². The van der Waals surface area contributed by atoms with Gasteiger partial charge in [-0.05, 0) is 12.8 Å². The summed E-state index contributed by atoms with van der Waals surface area (Å²) < 4.78 is 28.8. The molecule has 2 rings (SSSR count). The first kappa shape index (κ1) is 10.6. The fourth-order valence-corrected chi connectivity index (χ4v) is 3.63. The normalized spacial score (nSPS) is 25.3. The van der Waals surface area contributed by atoms with E-state index in [0.29, 0.717) is 18.1 Å². The maximum atomic E-state index is 11.7. The van der Waals surface area contributed by atoms with E-state index in [1.807, 2.05) is 0 Å². The van der Waals surface area contributed by atoms with Crippen molar-refractivity contribution in [2.24, 2.45) is 5.73 Å². The number of sulfone groups is 1. The summed E-state index contributed by atoms with van der Waals surface area (Å²) in [4.78, 5) is 3.98. The van der Waals surface area contributed by atoms with Crippen LogP contribution in [0.15, 0.2) is 10.6 Å². The third-order valence-electron chi connectivity index (χ3n) is 2.63. The highest BCUT2D eigenvalue weighted by atomic mass is 32.2. The summed E-state index contributed by atoms with van der Waals surface area (Å²) >= 11 is 0. The van der Waals surface area contributed by atoms with Gasteiger partial charge < -0.3 is 10.2 Å². The van der Waals surface area contributed by atoms with Gasteiger partial charge >= 0.3 is 0 Å². The topological polar surface area (TPSA) is 86.2 Å². The second kappa shape index (κ2) is 3.94. The van der Waals surface area contributed by atoms with E-state index in [9.17, 15) is 8.42 Å². The monoisotopic (exact) mass is 230 g/mol. The number of rotatable bonds is 2. The predicted molar refractivity (Wildman–Crippen MR) is 54.8 cm³/mol. The fraction of sp³-hybridized carbons (Fsp3) is 0.667. The van der Waals surface area contributed by atoms with Gasteiger partial charge in [0.05, 0.1) is 18.5 Å². The lowest BCUT2D eigenvalue weighted by Gasteiger charge is -2.19. The molecule has 0 saturated carbocycles. The van der Waals surface area contributed by atoms with E-state index in [-0.39, 0.29) is 12.3 Å². The summed E-state index contributed by atoms with van der Waals surface area (Å²) in [6, 6.07) is 0. The molecule has 1 atom stereocenters. The van der Waals surface area contributed by atoms with Crippen molar-refractivity contribution in [3.63, 3.8) is 0 Å². The average molecular weight is 230 g/mol. The Morgan fingerprint density at radius 3 is 2.93 bits per heavy atom. The molecule has 1 aliphatic heterocycles. The number of aromatic nitrogens is 1. The van der Waals surface area contributed by atoms with Crippen LogP contribution < -0.4 is 5.73 Å². The molecule has 1 fully saturated rings. The molecule has 84 valence electrons. The van der Waals surface area contributed by atoms with Crippen LogP contribution in [0.5, 0.6) is 0 Å². The molecule has 0 amide bonds. The van der Waals surface area contributed by atoms with Crippen molar-refractivity contribution in [3.8, 4) is 0 Å². The molecule has 15 heavy (non-hydrogen) atoms. The Bertz CT molecular complexity index is 438. The summed E-state index contributed by atoms with van der Waals surface area (Å²) in [7, 11) is -3.07. The van der Waals surface area contributed by atoms with Crippen molar-refractivity contribution in [1.29, 1.82) is 0 Å². The van der Waals surface area contributed by atoms with Crippen LogP contribution >= 0.6 is 0 Å². The highest BCUT2D eigenvalue weighted by Gasteiger charge is 2.33. The van der Waals surface area contributed by atoms with E-state index in [1.54, 1.807) is 0 Å². The van der Waals surface area contributed by atoms with E-state index in [2.05, 4.69) is 4.98 Å². The molecule has 0 aliphatic carbocycles. The molecule has 2 N–H and O–H groups in total. The molecule has 0 radical (unpaired) electrons. The van der Waals surface area contributed by atoms with Crippen LogP contribution in [0.3, 0.4) is 0 Å². The molecule has 1 unspecified atom stereocenters. The Morgan fingerprint density at radius 1 is 1.53 bits per heavy atom. The third kappa shape index (κ3) is 2.05. The lowest BCUT2D eigenvalue weighted by molar-refractivity contribution is 0.427. The van der Waals surface area contributed by atoms with Crippen LogP contribution in [-0.2, 0) is 16.4 Å². The van der Waals surface area contributed by atoms with Gasteiger partial charge in [0, 0.05) is 0 Å². The number of nitrogens with zero attached hydrogens (tertiary/aromatic N) is 1. The van der Waals surface area contributed by atoms with E-state index < -0.39 is 15.1 Å². The van der Waals surface area contributed by atoms with Gasteiger partial charge in [-0.2, -0.15) is 0 Å². The second-order valence-electron chi connectivity index (χ2n) is 3.72. The minimum absolute atomic E-state index is 0.234. The maximum Gasteiger partial charge on any atom is 0.212 e. The molecular weight excluding hydrogens is 216 g/mol. The van der Waals surface area contributed by atoms with Crippen LogP contribution in [0, 0.1) is 0 Å². The number of hydrogen-bond donors (Lipinski definition) is 1. The minimum Gasteiger partial charge on any atom is -0.443 e. The number of nitrogens with two attached hydrogens (primary N) is 1. The first-order valence-corrected chi connectivity index (χ1v) is 6.71. The Kier molecular flexibility index (Phi) is 2.79. The third-order valence-corrected chi connectivity index (χ3v) is 4.79. The Morgan fingerprint density at radius 2 is 2.33 bits per heavy atom. The highest BCUT2D eigenvalue weighted by molar-refractivity contribution is 7.91. The summed E-state index contributed by atoms with van der Waals surface area (Å²) in [6.45, 7) is 0.250. The predicted octanol–water partition coefficient (Wildman–Crippen LogP) is 0.773. The molecule has 1 aromatic heterocycles. The van der Waals surface area contributed by atoms with Gasteiger partial charge in [-0.3, -0.25) is 0 Å². The van der Waals surface area contributed by atoms with Gasteiger partial charge in [0.1, 0.15) is 11.0 Å². The number of oxazole rings is 1. The summed E-state index contributed by atoms with van der Waals surface area (Å²) in [6.07, 6.45) is 3.75. The zero-order chi connectivity index (χ0) is 10.9. The van der Waals surface area contributed by atoms with Crippen molar-refractivity contribution < 1.29 is 12.8 Å². The SMILES string of the molecule is NCc1cnc(C2CCCCS2(=O)=O)o1. The van der Waals surface area contributed by atoms with Crippen LogP contribution in [-0.4, -0.2) is 19.2 Å². The summed E-state index contributed by atoms with van der Waals surface area (Å²) in [5.41, 5.74) is 5.38. The van der Waals surface area contributed by atoms with Gasteiger partial charge in [0.2, 0.25) is 5.89 Å². The van der Waals surface area contributed by atoms with Gasteiger partial charge in [-0.25, -0.2) is 13.4 Å². The first-order chi connectivity index (χ1) is 7.13. The molecule has 5 nitrogen and oxygen atoms in total. The van der Waals surface area contributed by atoms with Crippen LogP contribution in [0.25, 0.3) is 0 Å². The molecule has 0 spiro atoms. The first-order valence-electron chi connectivity index (χ1n) is 5.00. The molecule has 1 saturated heterocycles. The number of hydrogen-bond acceptors (Lipinski definition) is 5. The van der Waals surface area contributed by atoms with E-state index in [4.69, 9.17) is 10.2 Å². The lowest BCUT2D eigenvalue weighted by Crippen LogP contribution is -2.21. The van der Waals surface area contributed by atoms with Crippen molar-refractivity contribution in [2.75, 3.05) is 5.75 Å². The average Bonchev–Trinajstić information content (AvgIpc) is 2.65. The van der Waals surface area contributed by atoms with Gasteiger partial charge in [0.25, 0.3) is 0 Å². The highest BCUT2D eigenvalue weighted by Crippen LogP contribution is 2.32. The minimum atomic E-state index is -3.07. The van der Waals surface area contributed by atoms with Crippen molar-refractivity contribution in [2.45, 2.75) is 31.1 Å². The molecular formula is C9H14N2O3S. The van der Waals surface area contributed by atoms with Crippen molar-refractivity contribution in [1.82, 2.24) is 4.98 Å². The Labute approximate surface area is 88.6 Å². The lowest BCUT2D eigenvalue weighted by atomic mass is 10.2. The quantitative estimate of drug-likeness (QED) is 0.811. The summed E-state index contributed by atoms with van der Waals surface area (Å²) in [5, 5.41) is -0.563. The van der Waals surface area contributed by atoms with Gasteiger partial charge in [-0.1, -0.05) is 6.42 Å². The maximum absolute atomic E-state index is 11.7. The Balaban J connectivity index is 2.29. The van der Waals surface area contributed by atoms with Gasteiger partial charge in [-0.15, -0.1) is 0 Å². The van der Waals surface area contributed by atoms with Crippen LogP contribution in [0.4, 0.5) is 0 Å². The molecule has 1 aliphatic rings. The standard InChI is InChI=1S/C9H14N2O3S/c10-5-7-6-11-9(14-7)8-3-1-2-4-15(8,12)13/h6,8H,1-5,10H2. The Hall–Kier alpha value is -0.880. The molecule has 6 heteroatoms. The second-order valence-corrected chi connectivity index (χ2v) is 6.02. The van der Waals surface area contributed by atoms with Gasteiger partial charge in [0.15, 0.2) is 9.84 Å². The molecule has 0 aromatic carbocycles. The van der Waals surface area contributed by atoms with Crippen molar-refractivity contribution in [3.05, 3.63) is 17.8 Å². The largest absolute Gasteiger partial charge is 0.443 e.